The second-order valence-electron chi connectivity index (χ2n) is 5.00. The Hall–Kier alpha value is -2.46. The summed E-state index contributed by atoms with van der Waals surface area (Å²) in [6.45, 7) is 0.715. The van der Waals surface area contributed by atoms with Crippen LogP contribution in [0.15, 0.2) is 54.7 Å². The number of benzene rings is 2. The van der Waals surface area contributed by atoms with Crippen LogP contribution in [0.4, 0.5) is 11.5 Å². The molecular weight excluding hydrogens is 260 g/mol. The van der Waals surface area contributed by atoms with Crippen LogP contribution in [-0.4, -0.2) is 16.7 Å². The van der Waals surface area contributed by atoms with Crippen LogP contribution in [0.1, 0.15) is 12.0 Å². The molecule has 4 heteroatoms. The molecule has 0 radical (unpaired) electrons. The Morgan fingerprint density at radius 3 is 2.86 bits per heavy atom. The standard InChI is InChI=1S/C17H18N4/c18-10-4-6-13-5-3-8-15(11-13)20-17-16-9-2-1-7-14(16)12-19-21-17/h1-3,5,7-9,11-12H,4,6,10,18H2,(H,20,21). The number of aromatic nitrogens is 2. The van der Waals surface area contributed by atoms with Crippen molar-refractivity contribution in [3.8, 4) is 0 Å². The monoisotopic (exact) mass is 278 g/mol. The van der Waals surface area contributed by atoms with Crippen molar-refractivity contribution >= 4 is 22.3 Å². The maximum Gasteiger partial charge on any atom is 0.160 e. The van der Waals surface area contributed by atoms with Crippen LogP contribution in [0.3, 0.4) is 0 Å². The SMILES string of the molecule is NCCCc1cccc(Nc2nncc3ccccc23)c1. The number of fused-ring (bicyclic) bond motifs is 1. The van der Waals surface area contributed by atoms with Crippen LogP contribution in [-0.2, 0) is 6.42 Å². The Morgan fingerprint density at radius 2 is 1.95 bits per heavy atom. The third kappa shape index (κ3) is 3.17. The van der Waals surface area contributed by atoms with Crippen LogP contribution in [0.25, 0.3) is 10.8 Å². The van der Waals surface area contributed by atoms with Gasteiger partial charge in [0.2, 0.25) is 0 Å². The molecule has 0 fully saturated rings. The average molecular weight is 278 g/mol. The van der Waals surface area contributed by atoms with E-state index in [4.69, 9.17) is 5.73 Å². The van der Waals surface area contributed by atoms with Crippen molar-refractivity contribution in [1.29, 1.82) is 0 Å². The van der Waals surface area contributed by atoms with E-state index >= 15 is 0 Å². The third-order valence-electron chi connectivity index (χ3n) is 3.43. The minimum Gasteiger partial charge on any atom is -0.338 e. The summed E-state index contributed by atoms with van der Waals surface area (Å²) < 4.78 is 0. The van der Waals surface area contributed by atoms with Crippen LogP contribution < -0.4 is 11.1 Å². The van der Waals surface area contributed by atoms with Gasteiger partial charge in [-0.05, 0) is 37.1 Å². The summed E-state index contributed by atoms with van der Waals surface area (Å²) in [6.07, 6.45) is 3.77. The molecule has 0 bridgehead atoms. The Labute approximate surface area is 124 Å². The van der Waals surface area contributed by atoms with E-state index in [2.05, 4.69) is 27.6 Å². The highest BCUT2D eigenvalue weighted by Gasteiger charge is 2.03. The lowest BCUT2D eigenvalue weighted by atomic mass is 10.1. The van der Waals surface area contributed by atoms with Crippen molar-refractivity contribution in [1.82, 2.24) is 10.2 Å². The Balaban J connectivity index is 1.88. The molecular formula is C17H18N4. The van der Waals surface area contributed by atoms with Crippen molar-refractivity contribution in [2.45, 2.75) is 12.8 Å². The average Bonchev–Trinajstić information content (AvgIpc) is 2.54. The van der Waals surface area contributed by atoms with Crippen molar-refractivity contribution in [2.75, 3.05) is 11.9 Å². The minimum atomic E-state index is 0.715. The number of nitrogens with two attached hydrogens (primary N) is 1. The van der Waals surface area contributed by atoms with Crippen LogP contribution in [0.2, 0.25) is 0 Å². The number of anilines is 2. The summed E-state index contributed by atoms with van der Waals surface area (Å²) in [5.74, 6) is 0.782. The van der Waals surface area contributed by atoms with Crippen LogP contribution >= 0.6 is 0 Å². The molecule has 0 saturated heterocycles. The number of hydrogen-bond acceptors (Lipinski definition) is 4. The maximum atomic E-state index is 5.57. The van der Waals surface area contributed by atoms with E-state index < -0.39 is 0 Å². The smallest absolute Gasteiger partial charge is 0.160 e. The van der Waals surface area contributed by atoms with E-state index in [1.54, 1.807) is 6.20 Å². The van der Waals surface area contributed by atoms with Gasteiger partial charge in [-0.25, -0.2) is 0 Å². The molecule has 0 atom stereocenters. The fraction of sp³-hybridized carbons (Fsp3) is 0.176. The zero-order chi connectivity index (χ0) is 14.5. The van der Waals surface area contributed by atoms with Gasteiger partial charge in [-0.1, -0.05) is 36.4 Å². The van der Waals surface area contributed by atoms with Gasteiger partial charge in [-0.3, -0.25) is 0 Å². The van der Waals surface area contributed by atoms with Gasteiger partial charge in [-0.2, -0.15) is 5.10 Å². The lowest BCUT2D eigenvalue weighted by molar-refractivity contribution is 0.833. The molecule has 3 rings (SSSR count). The Morgan fingerprint density at radius 1 is 1.05 bits per heavy atom. The van der Waals surface area contributed by atoms with Gasteiger partial charge in [0.25, 0.3) is 0 Å². The lowest BCUT2D eigenvalue weighted by Crippen LogP contribution is -2.01. The molecule has 3 aromatic rings. The molecule has 4 nitrogen and oxygen atoms in total. The van der Waals surface area contributed by atoms with Gasteiger partial charge >= 0.3 is 0 Å². The number of aryl methyl sites for hydroxylation is 1. The van der Waals surface area contributed by atoms with Gasteiger partial charge in [0.15, 0.2) is 5.82 Å². The Kier molecular flexibility index (Phi) is 4.07. The molecule has 0 aliphatic heterocycles. The topological polar surface area (TPSA) is 63.8 Å². The van der Waals surface area contributed by atoms with Crippen LogP contribution in [0.5, 0.6) is 0 Å². The Bertz CT molecular complexity index is 734. The molecule has 0 saturated carbocycles. The predicted octanol–water partition coefficient (Wildman–Crippen LogP) is 3.26. The predicted molar refractivity (Wildman–Crippen MR) is 86.6 cm³/mol. The molecule has 0 aliphatic carbocycles. The summed E-state index contributed by atoms with van der Waals surface area (Å²) >= 11 is 0. The summed E-state index contributed by atoms with van der Waals surface area (Å²) in [7, 11) is 0. The molecule has 3 N–H and O–H groups in total. The molecule has 106 valence electrons. The molecule has 21 heavy (non-hydrogen) atoms. The molecule has 2 aromatic carbocycles. The van der Waals surface area contributed by atoms with Gasteiger partial charge < -0.3 is 11.1 Å². The molecule has 0 aliphatic rings. The zero-order valence-electron chi connectivity index (χ0n) is 11.8. The van der Waals surface area contributed by atoms with E-state index in [0.29, 0.717) is 6.54 Å². The first-order chi connectivity index (χ1) is 10.4. The second-order valence-corrected chi connectivity index (χ2v) is 5.00. The normalized spacial score (nSPS) is 10.7. The lowest BCUT2D eigenvalue weighted by Gasteiger charge is -2.09. The largest absolute Gasteiger partial charge is 0.338 e. The van der Waals surface area contributed by atoms with Crippen molar-refractivity contribution in [3.63, 3.8) is 0 Å². The first-order valence-electron chi connectivity index (χ1n) is 7.13. The van der Waals surface area contributed by atoms with Crippen molar-refractivity contribution in [3.05, 3.63) is 60.3 Å². The summed E-state index contributed by atoms with van der Waals surface area (Å²) in [5.41, 5.74) is 7.87. The number of nitrogens with zero attached hydrogens (tertiary/aromatic N) is 2. The highest BCUT2D eigenvalue weighted by molar-refractivity contribution is 5.92. The van der Waals surface area contributed by atoms with Gasteiger partial charge in [-0.15, -0.1) is 5.10 Å². The fourth-order valence-corrected chi connectivity index (χ4v) is 2.37. The van der Waals surface area contributed by atoms with Crippen LogP contribution in [0, 0.1) is 0 Å². The first-order valence-corrected chi connectivity index (χ1v) is 7.13. The van der Waals surface area contributed by atoms with Crippen molar-refractivity contribution < 1.29 is 0 Å². The fourth-order valence-electron chi connectivity index (χ4n) is 2.37. The van der Waals surface area contributed by atoms with E-state index in [-0.39, 0.29) is 0 Å². The summed E-state index contributed by atoms with van der Waals surface area (Å²) in [5, 5.41) is 13.8. The first kappa shape index (κ1) is 13.5. The van der Waals surface area contributed by atoms with Gasteiger partial charge in [0.1, 0.15) is 0 Å². The number of rotatable bonds is 5. The summed E-state index contributed by atoms with van der Waals surface area (Å²) in [4.78, 5) is 0. The van der Waals surface area contributed by atoms with E-state index in [1.807, 2.05) is 36.4 Å². The molecule has 1 aromatic heterocycles. The van der Waals surface area contributed by atoms with Gasteiger partial charge in [0, 0.05) is 16.5 Å². The molecule has 0 amide bonds. The maximum absolute atomic E-state index is 5.57. The molecule has 0 unspecified atom stereocenters. The number of nitrogens with one attached hydrogen (secondary N) is 1. The summed E-state index contributed by atoms with van der Waals surface area (Å²) in [6, 6.07) is 16.4. The van der Waals surface area contributed by atoms with Gasteiger partial charge in [0.05, 0.1) is 6.20 Å². The van der Waals surface area contributed by atoms with E-state index in [9.17, 15) is 0 Å². The van der Waals surface area contributed by atoms with Crippen molar-refractivity contribution in [2.24, 2.45) is 5.73 Å². The molecule has 0 spiro atoms. The third-order valence-corrected chi connectivity index (χ3v) is 3.43. The highest BCUT2D eigenvalue weighted by atomic mass is 15.2. The minimum absolute atomic E-state index is 0.715. The zero-order valence-corrected chi connectivity index (χ0v) is 11.8. The van der Waals surface area contributed by atoms with E-state index in [0.717, 1.165) is 35.1 Å². The highest BCUT2D eigenvalue weighted by Crippen LogP contribution is 2.23. The second kappa shape index (κ2) is 6.33. The van der Waals surface area contributed by atoms with E-state index in [1.165, 1.54) is 5.56 Å². The quantitative estimate of drug-likeness (QED) is 0.752. The number of hydrogen-bond donors (Lipinski definition) is 2. The molecule has 1 heterocycles.